The van der Waals surface area contributed by atoms with Crippen LogP contribution in [0.1, 0.15) is 19.3 Å². The Morgan fingerprint density at radius 1 is 1.19 bits per heavy atom. The molecule has 16 heavy (non-hydrogen) atoms. The fourth-order valence-corrected chi connectivity index (χ4v) is 4.76. The molecule has 0 aromatic rings. The average molecular weight is 220 g/mol. The summed E-state index contributed by atoms with van der Waals surface area (Å²) < 4.78 is 0. The molecule has 4 fully saturated rings. The molecule has 4 unspecified atom stereocenters. The van der Waals surface area contributed by atoms with Crippen molar-refractivity contribution in [3.8, 4) is 0 Å². The van der Waals surface area contributed by atoms with Crippen LogP contribution in [0, 0.1) is 35.5 Å². The SMILES string of the molecule is NCC1CN(C(=O)C2C3C4CCC(C4)C23)C1. The van der Waals surface area contributed by atoms with Gasteiger partial charge in [0.25, 0.3) is 0 Å². The van der Waals surface area contributed by atoms with Gasteiger partial charge < -0.3 is 10.6 Å². The summed E-state index contributed by atoms with van der Waals surface area (Å²) in [5.41, 5.74) is 5.60. The van der Waals surface area contributed by atoms with Crippen LogP contribution in [0.25, 0.3) is 0 Å². The van der Waals surface area contributed by atoms with Gasteiger partial charge in [0.05, 0.1) is 0 Å². The summed E-state index contributed by atoms with van der Waals surface area (Å²) in [5.74, 6) is 4.90. The van der Waals surface area contributed by atoms with E-state index in [1.165, 1.54) is 19.3 Å². The third kappa shape index (κ3) is 1.05. The minimum Gasteiger partial charge on any atom is -0.342 e. The van der Waals surface area contributed by atoms with Crippen LogP contribution in [-0.4, -0.2) is 30.4 Å². The van der Waals surface area contributed by atoms with E-state index in [1.807, 2.05) is 0 Å². The molecule has 3 aliphatic carbocycles. The van der Waals surface area contributed by atoms with Crippen LogP contribution in [-0.2, 0) is 4.79 Å². The Bertz CT molecular complexity index is 321. The Balaban J connectivity index is 1.41. The molecule has 3 heteroatoms. The van der Waals surface area contributed by atoms with Crippen molar-refractivity contribution in [3.05, 3.63) is 0 Å². The first-order valence-electron chi connectivity index (χ1n) is 6.78. The van der Waals surface area contributed by atoms with Crippen LogP contribution in [0.15, 0.2) is 0 Å². The van der Waals surface area contributed by atoms with Gasteiger partial charge in [-0.05, 0) is 49.5 Å². The number of hydrogen-bond acceptors (Lipinski definition) is 2. The minimum absolute atomic E-state index is 0.435. The third-order valence-corrected chi connectivity index (χ3v) is 5.62. The Labute approximate surface area is 96.4 Å². The average Bonchev–Trinajstić information content (AvgIpc) is 2.66. The predicted molar refractivity (Wildman–Crippen MR) is 60.4 cm³/mol. The molecule has 0 aromatic carbocycles. The maximum atomic E-state index is 12.3. The lowest BCUT2D eigenvalue weighted by Crippen LogP contribution is -2.53. The Kier molecular flexibility index (Phi) is 1.78. The minimum atomic E-state index is 0.435. The number of likely N-dealkylation sites (tertiary alicyclic amines) is 1. The summed E-state index contributed by atoms with van der Waals surface area (Å²) in [6.07, 6.45) is 4.24. The molecule has 2 bridgehead atoms. The van der Waals surface area contributed by atoms with Gasteiger partial charge in [-0.2, -0.15) is 0 Å². The van der Waals surface area contributed by atoms with Gasteiger partial charge in [0.15, 0.2) is 0 Å². The smallest absolute Gasteiger partial charge is 0.226 e. The van der Waals surface area contributed by atoms with Gasteiger partial charge >= 0.3 is 0 Å². The Hall–Kier alpha value is -0.570. The number of fused-ring (bicyclic) bond motifs is 5. The van der Waals surface area contributed by atoms with Crippen LogP contribution in [0.5, 0.6) is 0 Å². The van der Waals surface area contributed by atoms with Gasteiger partial charge in [0.2, 0.25) is 5.91 Å². The second-order valence-electron chi connectivity index (χ2n) is 6.36. The van der Waals surface area contributed by atoms with Gasteiger partial charge in [0.1, 0.15) is 0 Å². The molecule has 1 amide bonds. The molecule has 0 spiro atoms. The van der Waals surface area contributed by atoms with Crippen LogP contribution < -0.4 is 5.73 Å². The second-order valence-corrected chi connectivity index (χ2v) is 6.36. The van der Waals surface area contributed by atoms with Crippen LogP contribution in [0.3, 0.4) is 0 Å². The number of rotatable bonds is 2. The van der Waals surface area contributed by atoms with E-state index in [0.29, 0.717) is 17.7 Å². The highest BCUT2D eigenvalue weighted by Gasteiger charge is 2.68. The van der Waals surface area contributed by atoms with E-state index in [0.717, 1.165) is 43.3 Å². The highest BCUT2D eigenvalue weighted by atomic mass is 16.2. The van der Waals surface area contributed by atoms with Gasteiger partial charge in [-0.1, -0.05) is 0 Å². The topological polar surface area (TPSA) is 46.3 Å². The van der Waals surface area contributed by atoms with Crippen molar-refractivity contribution < 1.29 is 4.79 Å². The number of carbonyl (C=O) groups excluding carboxylic acids is 1. The van der Waals surface area contributed by atoms with Gasteiger partial charge in [-0.15, -0.1) is 0 Å². The fourth-order valence-electron chi connectivity index (χ4n) is 4.76. The monoisotopic (exact) mass is 220 g/mol. The Morgan fingerprint density at radius 3 is 2.38 bits per heavy atom. The lowest BCUT2D eigenvalue weighted by Gasteiger charge is -2.39. The highest BCUT2D eigenvalue weighted by Crippen LogP contribution is 2.69. The summed E-state index contributed by atoms with van der Waals surface area (Å²) >= 11 is 0. The number of carbonyl (C=O) groups is 1. The zero-order valence-corrected chi connectivity index (χ0v) is 9.64. The predicted octanol–water partition coefficient (Wildman–Crippen LogP) is 0.696. The molecule has 4 aliphatic rings. The molecule has 1 aliphatic heterocycles. The van der Waals surface area contributed by atoms with Crippen molar-refractivity contribution >= 4 is 5.91 Å². The normalized spacial score (nSPS) is 49.1. The summed E-state index contributed by atoms with van der Waals surface area (Å²) in [6, 6.07) is 0. The van der Waals surface area contributed by atoms with E-state index in [9.17, 15) is 4.79 Å². The van der Waals surface area contributed by atoms with Crippen molar-refractivity contribution in [2.75, 3.05) is 19.6 Å². The molecular formula is C13H20N2O. The molecule has 1 heterocycles. The molecule has 0 aromatic heterocycles. The third-order valence-electron chi connectivity index (χ3n) is 5.62. The maximum Gasteiger partial charge on any atom is 0.226 e. The number of amides is 1. The second kappa shape index (κ2) is 3.00. The molecule has 0 radical (unpaired) electrons. The standard InChI is InChI=1S/C13H20N2O/c14-4-7-5-15(6-7)13(16)12-10-8-1-2-9(3-8)11(10)12/h7-12H,1-6,14H2. The molecular weight excluding hydrogens is 200 g/mol. The van der Waals surface area contributed by atoms with Crippen LogP contribution in [0.2, 0.25) is 0 Å². The quantitative estimate of drug-likeness (QED) is 0.744. The van der Waals surface area contributed by atoms with Crippen molar-refractivity contribution in [3.63, 3.8) is 0 Å². The lowest BCUT2D eigenvalue weighted by molar-refractivity contribution is -0.139. The summed E-state index contributed by atoms with van der Waals surface area (Å²) in [5, 5.41) is 0. The van der Waals surface area contributed by atoms with Gasteiger partial charge in [-0.25, -0.2) is 0 Å². The molecule has 3 nitrogen and oxygen atoms in total. The summed E-state index contributed by atoms with van der Waals surface area (Å²) in [4.78, 5) is 14.3. The van der Waals surface area contributed by atoms with Gasteiger partial charge in [0, 0.05) is 24.9 Å². The van der Waals surface area contributed by atoms with Crippen molar-refractivity contribution in [2.45, 2.75) is 19.3 Å². The molecule has 3 saturated carbocycles. The maximum absolute atomic E-state index is 12.3. The fraction of sp³-hybridized carbons (Fsp3) is 0.923. The van der Waals surface area contributed by atoms with E-state index >= 15 is 0 Å². The van der Waals surface area contributed by atoms with Crippen molar-refractivity contribution in [1.29, 1.82) is 0 Å². The summed E-state index contributed by atoms with van der Waals surface area (Å²) in [6.45, 7) is 2.60. The van der Waals surface area contributed by atoms with Crippen LogP contribution in [0.4, 0.5) is 0 Å². The van der Waals surface area contributed by atoms with E-state index in [1.54, 1.807) is 0 Å². The molecule has 88 valence electrons. The van der Waals surface area contributed by atoms with E-state index in [2.05, 4.69) is 4.90 Å². The number of nitrogens with zero attached hydrogens (tertiary/aromatic N) is 1. The highest BCUT2D eigenvalue weighted by molar-refractivity contribution is 5.83. The van der Waals surface area contributed by atoms with E-state index < -0.39 is 0 Å². The number of nitrogens with two attached hydrogens (primary N) is 1. The summed E-state index contributed by atoms with van der Waals surface area (Å²) in [7, 11) is 0. The Morgan fingerprint density at radius 2 is 1.81 bits per heavy atom. The first-order valence-corrected chi connectivity index (χ1v) is 6.78. The van der Waals surface area contributed by atoms with Crippen LogP contribution >= 0.6 is 0 Å². The van der Waals surface area contributed by atoms with Crippen molar-refractivity contribution in [1.82, 2.24) is 4.90 Å². The van der Waals surface area contributed by atoms with E-state index in [4.69, 9.17) is 5.73 Å². The first-order chi connectivity index (χ1) is 7.79. The number of hydrogen-bond donors (Lipinski definition) is 1. The molecule has 1 saturated heterocycles. The lowest BCUT2D eigenvalue weighted by atomic mass is 9.96. The first kappa shape index (κ1) is 9.46. The van der Waals surface area contributed by atoms with Gasteiger partial charge in [-0.3, -0.25) is 4.79 Å². The zero-order chi connectivity index (χ0) is 10.9. The van der Waals surface area contributed by atoms with Crippen molar-refractivity contribution in [2.24, 2.45) is 41.2 Å². The largest absolute Gasteiger partial charge is 0.342 e. The molecule has 4 atom stereocenters. The van der Waals surface area contributed by atoms with E-state index in [-0.39, 0.29) is 0 Å². The molecule has 2 N–H and O–H groups in total. The zero-order valence-electron chi connectivity index (χ0n) is 9.64. The molecule has 4 rings (SSSR count).